The lowest BCUT2D eigenvalue weighted by atomic mass is 9.99. The predicted octanol–water partition coefficient (Wildman–Crippen LogP) is 0.869. The van der Waals surface area contributed by atoms with E-state index in [-0.39, 0.29) is 17.9 Å². The van der Waals surface area contributed by atoms with Crippen molar-refractivity contribution in [3.8, 4) is 0 Å². The molecule has 2 aliphatic carbocycles. The Balaban J connectivity index is 2.17. The van der Waals surface area contributed by atoms with Gasteiger partial charge >= 0.3 is 11.9 Å². The Morgan fingerprint density at radius 3 is 2.52 bits per heavy atom. The summed E-state index contributed by atoms with van der Waals surface area (Å²) in [4.78, 5) is 37.1. The third kappa shape index (κ3) is 3.92. The van der Waals surface area contributed by atoms with Gasteiger partial charge in [0.05, 0.1) is 19.1 Å². The topological polar surface area (TPSA) is 102 Å². The van der Waals surface area contributed by atoms with Gasteiger partial charge in [0.25, 0.3) is 0 Å². The minimum Gasteiger partial charge on any atom is -0.466 e. The number of ether oxygens (including phenoxy) is 2. The highest BCUT2D eigenvalue weighted by molar-refractivity contribution is 6.00. The standard InChI is InChI=1S/C18H25NO6/c1-6-10-9-18(10,16(23)25-17(2,3)4)19-14(21)12-7-11(20)8-13(12)15(22)24-5/h6,8,10-12,20H,1,7,9H2,2-5H3,(H,19,21). The zero-order valence-corrected chi connectivity index (χ0v) is 15.0. The Labute approximate surface area is 147 Å². The van der Waals surface area contributed by atoms with Crippen LogP contribution in [0.1, 0.15) is 33.6 Å². The minimum atomic E-state index is -1.17. The van der Waals surface area contributed by atoms with E-state index < -0.39 is 41.0 Å². The summed E-state index contributed by atoms with van der Waals surface area (Å²) in [6.45, 7) is 8.93. The largest absolute Gasteiger partial charge is 0.466 e. The second kappa shape index (κ2) is 6.63. The summed E-state index contributed by atoms with van der Waals surface area (Å²) < 4.78 is 10.1. The van der Waals surface area contributed by atoms with Crippen molar-refractivity contribution < 1.29 is 29.0 Å². The number of rotatable bonds is 5. The van der Waals surface area contributed by atoms with Crippen LogP contribution in [0.15, 0.2) is 24.3 Å². The highest BCUT2D eigenvalue weighted by Crippen LogP contribution is 2.46. The van der Waals surface area contributed by atoms with Gasteiger partial charge in [0.2, 0.25) is 5.91 Å². The third-order valence-electron chi connectivity index (χ3n) is 4.37. The number of aliphatic hydroxyl groups is 1. The summed E-state index contributed by atoms with van der Waals surface area (Å²) in [5, 5.41) is 12.5. The maximum Gasteiger partial charge on any atom is 0.334 e. The first-order chi connectivity index (χ1) is 11.5. The Hall–Kier alpha value is -2.15. The molecule has 4 unspecified atom stereocenters. The minimum absolute atomic E-state index is 0.0689. The van der Waals surface area contributed by atoms with E-state index in [2.05, 4.69) is 16.6 Å². The molecule has 0 radical (unpaired) electrons. The van der Waals surface area contributed by atoms with Crippen LogP contribution in [0.2, 0.25) is 0 Å². The fourth-order valence-corrected chi connectivity index (χ4v) is 3.01. The van der Waals surface area contributed by atoms with E-state index in [1.165, 1.54) is 13.2 Å². The third-order valence-corrected chi connectivity index (χ3v) is 4.37. The maximum absolute atomic E-state index is 12.7. The van der Waals surface area contributed by atoms with Gasteiger partial charge in [0.15, 0.2) is 0 Å². The zero-order valence-electron chi connectivity index (χ0n) is 15.0. The molecule has 0 heterocycles. The lowest BCUT2D eigenvalue weighted by Gasteiger charge is -2.26. The Morgan fingerprint density at radius 1 is 1.40 bits per heavy atom. The fraction of sp³-hybridized carbons (Fsp3) is 0.611. The fourth-order valence-electron chi connectivity index (χ4n) is 3.01. The highest BCUT2D eigenvalue weighted by Gasteiger charge is 2.62. The van der Waals surface area contributed by atoms with Crippen molar-refractivity contribution in [1.29, 1.82) is 0 Å². The van der Waals surface area contributed by atoms with Gasteiger partial charge in [-0.15, -0.1) is 6.58 Å². The predicted molar refractivity (Wildman–Crippen MR) is 89.2 cm³/mol. The number of hydrogen-bond acceptors (Lipinski definition) is 6. The Bertz CT molecular complexity index is 632. The molecule has 138 valence electrons. The molecule has 0 bridgehead atoms. The van der Waals surface area contributed by atoms with E-state index in [0.29, 0.717) is 6.42 Å². The average Bonchev–Trinajstić information content (AvgIpc) is 3.09. The van der Waals surface area contributed by atoms with Crippen molar-refractivity contribution in [2.45, 2.75) is 50.9 Å². The lowest BCUT2D eigenvalue weighted by molar-refractivity contribution is -0.160. The van der Waals surface area contributed by atoms with Crippen LogP contribution in [0.3, 0.4) is 0 Å². The highest BCUT2D eigenvalue weighted by atomic mass is 16.6. The van der Waals surface area contributed by atoms with E-state index in [1.807, 2.05) is 0 Å². The first-order valence-corrected chi connectivity index (χ1v) is 8.20. The van der Waals surface area contributed by atoms with Gasteiger partial charge < -0.3 is 19.9 Å². The second-order valence-corrected chi connectivity index (χ2v) is 7.48. The van der Waals surface area contributed by atoms with Gasteiger partial charge in [0.1, 0.15) is 11.1 Å². The van der Waals surface area contributed by atoms with Gasteiger partial charge in [-0.25, -0.2) is 9.59 Å². The summed E-state index contributed by atoms with van der Waals surface area (Å²) >= 11 is 0. The number of hydrogen-bond donors (Lipinski definition) is 2. The zero-order chi connectivity index (χ0) is 19.0. The molecule has 1 amide bonds. The molecule has 0 aliphatic heterocycles. The molecular weight excluding hydrogens is 326 g/mol. The van der Waals surface area contributed by atoms with Crippen LogP contribution in [-0.2, 0) is 23.9 Å². The summed E-state index contributed by atoms with van der Waals surface area (Å²) in [6.07, 6.45) is 2.47. The molecule has 1 fully saturated rings. The van der Waals surface area contributed by atoms with Crippen molar-refractivity contribution in [2.24, 2.45) is 11.8 Å². The van der Waals surface area contributed by atoms with E-state index >= 15 is 0 Å². The molecule has 0 spiro atoms. The first-order valence-electron chi connectivity index (χ1n) is 8.20. The van der Waals surface area contributed by atoms with E-state index in [0.717, 1.165) is 0 Å². The molecule has 25 heavy (non-hydrogen) atoms. The molecule has 0 aromatic carbocycles. The maximum atomic E-state index is 12.7. The van der Waals surface area contributed by atoms with Gasteiger partial charge in [-0.1, -0.05) is 6.08 Å². The molecule has 0 saturated heterocycles. The van der Waals surface area contributed by atoms with Crippen molar-refractivity contribution >= 4 is 17.8 Å². The summed E-state index contributed by atoms with van der Waals surface area (Å²) in [6, 6.07) is 0. The van der Waals surface area contributed by atoms with Crippen molar-refractivity contribution in [3.05, 3.63) is 24.3 Å². The lowest BCUT2D eigenvalue weighted by Crippen LogP contribution is -2.50. The number of methoxy groups -OCH3 is 1. The molecule has 4 atom stereocenters. The van der Waals surface area contributed by atoms with E-state index in [1.54, 1.807) is 26.8 Å². The van der Waals surface area contributed by atoms with Crippen LogP contribution < -0.4 is 5.32 Å². The number of nitrogens with one attached hydrogen (secondary N) is 1. The molecule has 2 N–H and O–H groups in total. The van der Waals surface area contributed by atoms with Crippen molar-refractivity contribution in [3.63, 3.8) is 0 Å². The van der Waals surface area contributed by atoms with Crippen LogP contribution >= 0.6 is 0 Å². The number of aliphatic hydroxyl groups excluding tert-OH is 1. The molecule has 1 saturated carbocycles. The van der Waals surface area contributed by atoms with Gasteiger partial charge in [-0.05, 0) is 39.7 Å². The molecule has 2 rings (SSSR count). The summed E-state index contributed by atoms with van der Waals surface area (Å²) in [5.41, 5.74) is -1.76. The smallest absolute Gasteiger partial charge is 0.334 e. The first kappa shape index (κ1) is 19.2. The summed E-state index contributed by atoms with van der Waals surface area (Å²) in [5.74, 6) is -2.81. The Morgan fingerprint density at radius 2 is 2.04 bits per heavy atom. The molecule has 7 heteroatoms. The van der Waals surface area contributed by atoms with Crippen LogP contribution in [0, 0.1) is 11.8 Å². The molecule has 0 aromatic rings. The van der Waals surface area contributed by atoms with E-state index in [4.69, 9.17) is 4.74 Å². The van der Waals surface area contributed by atoms with Crippen LogP contribution in [0.25, 0.3) is 0 Å². The number of esters is 2. The average molecular weight is 351 g/mol. The molecule has 2 aliphatic rings. The SMILES string of the molecule is C=CC1CC1(NC(=O)C1CC(O)C=C1C(=O)OC)C(=O)OC(C)(C)C. The summed E-state index contributed by atoms with van der Waals surface area (Å²) in [7, 11) is 1.21. The Kier molecular flexibility index (Phi) is 5.09. The van der Waals surface area contributed by atoms with Gasteiger partial charge in [-0.2, -0.15) is 0 Å². The van der Waals surface area contributed by atoms with Crippen molar-refractivity contribution in [1.82, 2.24) is 5.32 Å². The quantitative estimate of drug-likeness (QED) is 0.563. The number of carbonyl (C=O) groups excluding carboxylic acids is 3. The molecular formula is C18H25NO6. The van der Waals surface area contributed by atoms with Crippen molar-refractivity contribution in [2.75, 3.05) is 7.11 Å². The second-order valence-electron chi connectivity index (χ2n) is 7.48. The van der Waals surface area contributed by atoms with Crippen LogP contribution in [0.5, 0.6) is 0 Å². The number of carbonyl (C=O) groups is 3. The van der Waals surface area contributed by atoms with Gasteiger partial charge in [0, 0.05) is 11.5 Å². The normalized spacial score (nSPS) is 30.9. The molecule has 7 nitrogen and oxygen atoms in total. The molecule has 0 aromatic heterocycles. The van der Waals surface area contributed by atoms with Crippen LogP contribution in [0.4, 0.5) is 0 Å². The number of amides is 1. The van der Waals surface area contributed by atoms with Gasteiger partial charge in [-0.3, -0.25) is 4.79 Å². The monoisotopic (exact) mass is 351 g/mol. The van der Waals surface area contributed by atoms with E-state index in [9.17, 15) is 19.5 Å². The van der Waals surface area contributed by atoms with Crippen LogP contribution in [-0.4, -0.2) is 47.3 Å².